The van der Waals surface area contributed by atoms with Gasteiger partial charge in [-0.15, -0.1) is 0 Å². The van der Waals surface area contributed by atoms with Crippen LogP contribution < -0.4 is 15.4 Å². The van der Waals surface area contributed by atoms with E-state index in [0.717, 1.165) is 53.7 Å². The molecule has 164 valence electrons. The number of nitrogens with one attached hydrogen (secondary N) is 2. The van der Waals surface area contributed by atoms with Gasteiger partial charge >= 0.3 is 0 Å². The number of halogens is 2. The van der Waals surface area contributed by atoms with Gasteiger partial charge in [0.15, 0.2) is 0 Å². The maximum absolute atomic E-state index is 13.6. The van der Waals surface area contributed by atoms with Gasteiger partial charge in [-0.25, -0.2) is 14.4 Å². The lowest BCUT2D eigenvalue weighted by Crippen LogP contribution is -2.34. The predicted octanol–water partition coefficient (Wildman–Crippen LogP) is 4.70. The summed E-state index contributed by atoms with van der Waals surface area (Å²) in [6, 6.07) is 8.42. The average Bonchev–Trinajstić information content (AvgIpc) is 3.23. The fourth-order valence-corrected chi connectivity index (χ4v) is 4.05. The predicted molar refractivity (Wildman–Crippen MR) is 123 cm³/mol. The number of aromatic nitrogens is 4. The van der Waals surface area contributed by atoms with E-state index in [4.69, 9.17) is 16.3 Å². The fraction of sp³-hybridized carbons (Fsp3) is 0.261. The Labute approximate surface area is 189 Å². The highest BCUT2D eigenvalue weighted by atomic mass is 35.5. The van der Waals surface area contributed by atoms with Crippen molar-refractivity contribution >= 4 is 34.0 Å². The normalized spacial score (nSPS) is 14.6. The molecule has 4 aromatic rings. The van der Waals surface area contributed by atoms with Gasteiger partial charge in [0.2, 0.25) is 0 Å². The average molecular weight is 453 g/mol. The van der Waals surface area contributed by atoms with Gasteiger partial charge in [0.25, 0.3) is 0 Å². The van der Waals surface area contributed by atoms with Crippen LogP contribution in [0.15, 0.2) is 49.1 Å². The highest BCUT2D eigenvalue weighted by Gasteiger charge is 2.19. The van der Waals surface area contributed by atoms with Gasteiger partial charge in [0, 0.05) is 35.4 Å². The van der Waals surface area contributed by atoms with Gasteiger partial charge in [-0.1, -0.05) is 11.6 Å². The van der Waals surface area contributed by atoms with Crippen LogP contribution in [0, 0.1) is 5.82 Å². The molecule has 0 atom stereocenters. The molecule has 2 aromatic heterocycles. The summed E-state index contributed by atoms with van der Waals surface area (Å²) < 4.78 is 21.8. The number of benzene rings is 2. The zero-order valence-electron chi connectivity index (χ0n) is 17.5. The Morgan fingerprint density at radius 1 is 1.19 bits per heavy atom. The van der Waals surface area contributed by atoms with Gasteiger partial charge in [0.05, 0.1) is 16.7 Å². The third-order valence-electron chi connectivity index (χ3n) is 5.51. The van der Waals surface area contributed by atoms with E-state index >= 15 is 0 Å². The summed E-state index contributed by atoms with van der Waals surface area (Å²) in [5.74, 6) is 0.876. The fourth-order valence-electron chi connectivity index (χ4n) is 3.87. The van der Waals surface area contributed by atoms with Crippen molar-refractivity contribution in [1.82, 2.24) is 25.1 Å². The van der Waals surface area contributed by atoms with Crippen LogP contribution >= 0.6 is 11.6 Å². The van der Waals surface area contributed by atoms with Crippen molar-refractivity contribution < 1.29 is 9.13 Å². The van der Waals surface area contributed by atoms with Gasteiger partial charge < -0.3 is 15.4 Å². The molecule has 32 heavy (non-hydrogen) atoms. The van der Waals surface area contributed by atoms with E-state index in [1.165, 1.54) is 18.5 Å². The number of anilines is 2. The van der Waals surface area contributed by atoms with Crippen LogP contribution in [0.5, 0.6) is 5.75 Å². The summed E-state index contributed by atoms with van der Waals surface area (Å²) in [5, 5.41) is 11.7. The SMILES string of the molecule is Cn1cc(-c2cc3ncnc(Nc4ccc(F)c(Cl)c4)c3cc2OC2CCNCC2)cn1. The Bertz CT molecular complexity index is 1270. The second kappa shape index (κ2) is 8.72. The molecule has 0 radical (unpaired) electrons. The lowest BCUT2D eigenvalue weighted by molar-refractivity contribution is 0.163. The molecule has 5 rings (SSSR count). The zero-order valence-corrected chi connectivity index (χ0v) is 18.2. The Morgan fingerprint density at radius 2 is 2.03 bits per heavy atom. The van der Waals surface area contributed by atoms with Crippen molar-refractivity contribution in [3.8, 4) is 16.9 Å². The minimum Gasteiger partial charge on any atom is -0.490 e. The molecule has 2 aromatic carbocycles. The molecule has 1 saturated heterocycles. The molecule has 2 N–H and O–H groups in total. The topological polar surface area (TPSA) is 76.9 Å². The molecule has 1 aliphatic heterocycles. The molecule has 3 heterocycles. The lowest BCUT2D eigenvalue weighted by Gasteiger charge is -2.25. The lowest BCUT2D eigenvalue weighted by atomic mass is 10.0. The van der Waals surface area contributed by atoms with Gasteiger partial charge in [-0.3, -0.25) is 4.68 Å². The Kier molecular flexibility index (Phi) is 5.63. The Morgan fingerprint density at radius 3 is 2.78 bits per heavy atom. The number of rotatable bonds is 5. The van der Waals surface area contributed by atoms with Crippen molar-refractivity contribution in [2.75, 3.05) is 18.4 Å². The summed E-state index contributed by atoms with van der Waals surface area (Å²) in [5.41, 5.74) is 3.27. The number of nitrogens with zero attached hydrogens (tertiary/aromatic N) is 4. The van der Waals surface area contributed by atoms with Crippen LogP contribution in [0.4, 0.5) is 15.9 Å². The summed E-state index contributed by atoms with van der Waals surface area (Å²) in [4.78, 5) is 8.87. The number of piperidine rings is 1. The van der Waals surface area contributed by atoms with E-state index in [2.05, 4.69) is 25.7 Å². The first-order valence-corrected chi connectivity index (χ1v) is 10.8. The Hall–Kier alpha value is -3.23. The number of hydrogen-bond acceptors (Lipinski definition) is 6. The monoisotopic (exact) mass is 452 g/mol. The van der Waals surface area contributed by atoms with E-state index < -0.39 is 5.82 Å². The molecule has 0 unspecified atom stereocenters. The molecule has 0 bridgehead atoms. The van der Waals surface area contributed by atoms with Crippen LogP contribution in [0.1, 0.15) is 12.8 Å². The van der Waals surface area contributed by atoms with Crippen molar-refractivity contribution in [2.24, 2.45) is 7.05 Å². The molecule has 0 aliphatic carbocycles. The third kappa shape index (κ3) is 4.24. The molecule has 0 spiro atoms. The van der Waals surface area contributed by atoms with E-state index in [1.807, 2.05) is 31.6 Å². The van der Waals surface area contributed by atoms with E-state index in [9.17, 15) is 4.39 Å². The largest absolute Gasteiger partial charge is 0.490 e. The van der Waals surface area contributed by atoms with E-state index in [-0.39, 0.29) is 11.1 Å². The maximum Gasteiger partial charge on any atom is 0.141 e. The third-order valence-corrected chi connectivity index (χ3v) is 5.80. The molecule has 9 heteroatoms. The van der Waals surface area contributed by atoms with Crippen LogP contribution in [0.25, 0.3) is 22.0 Å². The van der Waals surface area contributed by atoms with Crippen LogP contribution in [0.3, 0.4) is 0 Å². The van der Waals surface area contributed by atoms with Crippen molar-refractivity contribution in [2.45, 2.75) is 18.9 Å². The quantitative estimate of drug-likeness (QED) is 0.457. The second-order valence-electron chi connectivity index (χ2n) is 7.81. The first kappa shape index (κ1) is 20.7. The van der Waals surface area contributed by atoms with Crippen LogP contribution in [-0.2, 0) is 7.05 Å². The summed E-state index contributed by atoms with van der Waals surface area (Å²) in [6.45, 7) is 1.86. The second-order valence-corrected chi connectivity index (χ2v) is 8.22. The highest BCUT2D eigenvalue weighted by Crippen LogP contribution is 2.37. The number of aryl methyl sites for hydroxylation is 1. The first-order valence-electron chi connectivity index (χ1n) is 10.4. The Balaban J connectivity index is 1.59. The number of fused-ring (bicyclic) bond motifs is 1. The van der Waals surface area contributed by atoms with Crippen molar-refractivity contribution in [3.05, 3.63) is 59.9 Å². The maximum atomic E-state index is 13.6. The first-order chi connectivity index (χ1) is 15.6. The molecule has 7 nitrogen and oxygen atoms in total. The summed E-state index contributed by atoms with van der Waals surface area (Å²) in [7, 11) is 1.88. The summed E-state index contributed by atoms with van der Waals surface area (Å²) >= 11 is 5.94. The van der Waals surface area contributed by atoms with E-state index in [1.54, 1.807) is 10.7 Å². The number of ether oxygens (including phenoxy) is 1. The molecule has 1 aliphatic rings. The molecular weight excluding hydrogens is 431 g/mol. The smallest absolute Gasteiger partial charge is 0.141 e. The van der Waals surface area contributed by atoms with Gasteiger partial charge in [-0.2, -0.15) is 5.10 Å². The van der Waals surface area contributed by atoms with E-state index in [0.29, 0.717) is 11.5 Å². The minimum absolute atomic E-state index is 0.0437. The van der Waals surface area contributed by atoms with Crippen LogP contribution in [-0.4, -0.2) is 38.9 Å². The molecule has 0 saturated carbocycles. The molecule has 1 fully saturated rings. The number of hydrogen-bond donors (Lipinski definition) is 2. The van der Waals surface area contributed by atoms with Crippen molar-refractivity contribution in [1.29, 1.82) is 0 Å². The minimum atomic E-state index is -0.469. The molecule has 0 amide bonds. The van der Waals surface area contributed by atoms with Crippen LogP contribution in [0.2, 0.25) is 5.02 Å². The zero-order chi connectivity index (χ0) is 22.1. The van der Waals surface area contributed by atoms with Gasteiger partial charge in [-0.05, 0) is 56.3 Å². The molecular formula is C23H22ClFN6O. The highest BCUT2D eigenvalue weighted by molar-refractivity contribution is 6.31. The van der Waals surface area contributed by atoms with Crippen molar-refractivity contribution in [3.63, 3.8) is 0 Å². The summed E-state index contributed by atoms with van der Waals surface area (Å²) in [6.07, 6.45) is 7.27. The van der Waals surface area contributed by atoms with Gasteiger partial charge in [0.1, 0.15) is 29.8 Å². The standard InChI is InChI=1S/C23H22ClFN6O/c1-31-12-14(11-29-31)17-9-21-18(10-22(17)32-16-4-6-26-7-5-16)23(28-13-27-21)30-15-2-3-20(25)19(24)8-15/h2-3,8-13,16,26H,4-7H2,1H3,(H,27,28,30).